The maximum Gasteiger partial charge on any atom is 0.171 e. The van der Waals surface area contributed by atoms with Gasteiger partial charge in [-0.2, -0.15) is 0 Å². The second-order valence-corrected chi connectivity index (χ2v) is 16.5. The molecule has 2 aliphatic rings. The lowest BCUT2D eigenvalue weighted by atomic mass is 9.64. The Kier molecular flexibility index (Phi) is 7.32. The number of aryl methyl sites for hydroxylation is 1. The molecule has 0 N–H and O–H groups in total. The summed E-state index contributed by atoms with van der Waals surface area (Å²) < 4.78 is 22.2. The molecular weight excluding hydrogens is 760 g/mol. The van der Waals surface area contributed by atoms with Crippen LogP contribution in [0.2, 0.25) is 0 Å². The van der Waals surface area contributed by atoms with E-state index < -0.39 is 5.41 Å². The fraction of sp³-hybridized carbons (Fsp3) is 0.0345. The number of furan rings is 1. The molecule has 0 fully saturated rings. The molecule has 292 valence electrons. The van der Waals surface area contributed by atoms with Crippen molar-refractivity contribution in [2.75, 3.05) is 9.80 Å². The Morgan fingerprint density at radius 1 is 0.435 bits per heavy atom. The molecule has 0 saturated carbocycles. The van der Waals surface area contributed by atoms with Crippen molar-refractivity contribution in [2.24, 2.45) is 0 Å². The Morgan fingerprint density at radius 3 is 1.79 bits per heavy atom. The number of hydrogen-bond acceptors (Lipinski definition) is 3. The van der Waals surface area contributed by atoms with Crippen LogP contribution in [0.5, 0.6) is 0 Å². The van der Waals surface area contributed by atoms with Gasteiger partial charge in [0.2, 0.25) is 0 Å². The Bertz CT molecular complexity index is 3600. The van der Waals surface area contributed by atoms with Crippen LogP contribution in [0.15, 0.2) is 211 Å². The number of halogens is 1. The molecule has 11 aromatic rings. The zero-order chi connectivity index (χ0) is 41.1. The Hall–Kier alpha value is -7.95. The molecule has 2 heterocycles. The lowest BCUT2D eigenvalue weighted by molar-refractivity contribution is 0.584. The largest absolute Gasteiger partial charge is 0.451 e. The van der Waals surface area contributed by atoms with Crippen molar-refractivity contribution in [3.05, 3.63) is 240 Å². The summed E-state index contributed by atoms with van der Waals surface area (Å²) in [7, 11) is 0. The summed E-state index contributed by atoms with van der Waals surface area (Å²) in [6.07, 6.45) is 0. The average Bonchev–Trinajstić information content (AvgIpc) is 3.86. The number of rotatable bonds is 4. The minimum Gasteiger partial charge on any atom is -0.451 e. The van der Waals surface area contributed by atoms with Gasteiger partial charge in [0.25, 0.3) is 0 Å². The van der Waals surface area contributed by atoms with Gasteiger partial charge in [0, 0.05) is 27.5 Å². The Labute approximate surface area is 358 Å². The van der Waals surface area contributed by atoms with E-state index >= 15 is 4.39 Å². The SMILES string of the molecule is Cc1ccccc1N(c1cc2c(c3ccccc13)-c1c(ccc3ccccc13)C21c2ccccc2N(c2ccccc2)c2ccccc21)c1cccc2c1oc1c(F)cccc12. The molecule has 0 amide bonds. The molecule has 1 aliphatic carbocycles. The van der Waals surface area contributed by atoms with Crippen molar-refractivity contribution in [2.45, 2.75) is 12.3 Å². The predicted octanol–water partition coefficient (Wildman–Crippen LogP) is 16.0. The quantitative estimate of drug-likeness (QED) is 0.177. The molecule has 1 aromatic heterocycles. The van der Waals surface area contributed by atoms with Gasteiger partial charge in [0.1, 0.15) is 0 Å². The van der Waals surface area contributed by atoms with Crippen LogP contribution in [0.3, 0.4) is 0 Å². The minimum absolute atomic E-state index is 0.262. The summed E-state index contributed by atoms with van der Waals surface area (Å²) >= 11 is 0. The van der Waals surface area contributed by atoms with Gasteiger partial charge < -0.3 is 14.2 Å². The van der Waals surface area contributed by atoms with E-state index in [1.54, 1.807) is 6.07 Å². The van der Waals surface area contributed by atoms with Crippen molar-refractivity contribution in [1.82, 2.24) is 0 Å². The zero-order valence-electron chi connectivity index (χ0n) is 33.8. The summed E-state index contributed by atoms with van der Waals surface area (Å²) in [5, 5.41) is 6.32. The molecule has 0 saturated heterocycles. The molecule has 0 unspecified atom stereocenters. The van der Waals surface area contributed by atoms with Gasteiger partial charge in [0.15, 0.2) is 17.0 Å². The van der Waals surface area contributed by atoms with E-state index in [4.69, 9.17) is 4.42 Å². The number of anilines is 6. The molecule has 3 nitrogen and oxygen atoms in total. The highest BCUT2D eigenvalue weighted by molar-refractivity contribution is 6.18. The van der Waals surface area contributed by atoms with E-state index in [1.165, 1.54) is 50.2 Å². The minimum atomic E-state index is -0.710. The van der Waals surface area contributed by atoms with E-state index in [-0.39, 0.29) is 11.4 Å². The van der Waals surface area contributed by atoms with Crippen LogP contribution >= 0.6 is 0 Å². The number of fused-ring (bicyclic) bond motifs is 16. The number of nitrogens with zero attached hydrogens (tertiary/aromatic N) is 2. The first-order valence-electron chi connectivity index (χ1n) is 21.2. The smallest absolute Gasteiger partial charge is 0.171 e. The van der Waals surface area contributed by atoms with Crippen LogP contribution in [0, 0.1) is 12.7 Å². The van der Waals surface area contributed by atoms with E-state index in [0.29, 0.717) is 5.58 Å². The third-order valence-corrected chi connectivity index (χ3v) is 13.4. The number of benzene rings is 10. The average molecular weight is 797 g/mol. The Morgan fingerprint density at radius 2 is 1.02 bits per heavy atom. The molecule has 1 spiro atoms. The van der Waals surface area contributed by atoms with Gasteiger partial charge in [-0.05, 0) is 111 Å². The van der Waals surface area contributed by atoms with Crippen LogP contribution < -0.4 is 9.80 Å². The van der Waals surface area contributed by atoms with Crippen molar-refractivity contribution in [1.29, 1.82) is 0 Å². The topological polar surface area (TPSA) is 19.6 Å². The monoisotopic (exact) mass is 796 g/mol. The normalized spacial score (nSPS) is 13.4. The lowest BCUT2D eigenvalue weighted by Gasteiger charge is -2.45. The van der Waals surface area contributed by atoms with E-state index in [2.05, 4.69) is 199 Å². The molecule has 13 rings (SSSR count). The van der Waals surface area contributed by atoms with Gasteiger partial charge in [-0.25, -0.2) is 4.39 Å². The third-order valence-electron chi connectivity index (χ3n) is 13.4. The summed E-state index contributed by atoms with van der Waals surface area (Å²) in [6, 6.07) is 73.4. The summed E-state index contributed by atoms with van der Waals surface area (Å²) in [4.78, 5) is 4.78. The lowest BCUT2D eigenvalue weighted by Crippen LogP contribution is -2.36. The summed E-state index contributed by atoms with van der Waals surface area (Å²) in [6.45, 7) is 2.16. The second-order valence-electron chi connectivity index (χ2n) is 16.5. The van der Waals surface area contributed by atoms with Crippen LogP contribution in [0.25, 0.3) is 54.6 Å². The Balaban J connectivity index is 1.22. The van der Waals surface area contributed by atoms with Crippen LogP contribution in [-0.2, 0) is 5.41 Å². The molecule has 10 aromatic carbocycles. The van der Waals surface area contributed by atoms with Gasteiger partial charge in [-0.15, -0.1) is 0 Å². The molecule has 0 radical (unpaired) electrons. The van der Waals surface area contributed by atoms with Crippen molar-refractivity contribution in [3.8, 4) is 11.1 Å². The molecule has 0 atom stereocenters. The maximum absolute atomic E-state index is 15.5. The van der Waals surface area contributed by atoms with Gasteiger partial charge in [-0.1, -0.05) is 158 Å². The van der Waals surface area contributed by atoms with Crippen molar-refractivity contribution < 1.29 is 8.81 Å². The fourth-order valence-corrected chi connectivity index (χ4v) is 10.9. The fourth-order valence-electron chi connectivity index (χ4n) is 10.9. The summed E-state index contributed by atoms with van der Waals surface area (Å²) in [5.74, 6) is -0.374. The van der Waals surface area contributed by atoms with Crippen LogP contribution in [-0.4, -0.2) is 0 Å². The number of para-hydroxylation sites is 6. The third kappa shape index (κ3) is 4.58. The van der Waals surface area contributed by atoms with Gasteiger partial charge in [-0.3, -0.25) is 0 Å². The highest BCUT2D eigenvalue weighted by Crippen LogP contribution is 2.66. The van der Waals surface area contributed by atoms with E-state index in [0.717, 1.165) is 61.2 Å². The highest BCUT2D eigenvalue weighted by atomic mass is 19.1. The second kappa shape index (κ2) is 13.0. The van der Waals surface area contributed by atoms with E-state index in [1.807, 2.05) is 12.1 Å². The molecular formula is C58H37FN2O. The maximum atomic E-state index is 15.5. The predicted molar refractivity (Wildman–Crippen MR) is 254 cm³/mol. The first kappa shape index (κ1) is 34.9. The van der Waals surface area contributed by atoms with Gasteiger partial charge in [0.05, 0.1) is 28.2 Å². The zero-order valence-corrected chi connectivity index (χ0v) is 33.8. The van der Waals surface area contributed by atoms with Gasteiger partial charge >= 0.3 is 0 Å². The van der Waals surface area contributed by atoms with Crippen LogP contribution in [0.1, 0.15) is 27.8 Å². The van der Waals surface area contributed by atoms with Crippen molar-refractivity contribution >= 4 is 77.6 Å². The molecule has 4 heteroatoms. The number of hydrogen-bond donors (Lipinski definition) is 0. The molecule has 62 heavy (non-hydrogen) atoms. The van der Waals surface area contributed by atoms with Crippen molar-refractivity contribution in [3.63, 3.8) is 0 Å². The standard InChI is InChI=1S/C58H37FN2O/c1-36-17-5-12-29-49(36)61(52-32-16-25-43-42-24-15-28-48(59)56(42)62-57(43)52)53-35-47-55(41-23-9-8-22-40(41)53)54-39-21-7-6-18-37(39)33-34-46(54)58(47)44-26-10-13-30-50(44)60(38-19-3-2-4-20-38)51-31-14-11-27-45(51)58/h2-35H,1H3. The molecule has 1 aliphatic heterocycles. The van der Waals surface area contributed by atoms with Crippen LogP contribution in [0.4, 0.5) is 38.5 Å². The molecule has 0 bridgehead atoms. The first-order valence-corrected chi connectivity index (χ1v) is 21.2. The van der Waals surface area contributed by atoms with E-state index in [9.17, 15) is 0 Å². The summed E-state index contributed by atoms with van der Waals surface area (Å²) in [5.41, 5.74) is 15.0. The first-order chi connectivity index (χ1) is 30.6. The highest BCUT2D eigenvalue weighted by Gasteiger charge is 2.53.